The van der Waals surface area contributed by atoms with Crippen LogP contribution < -0.4 is 5.32 Å². The van der Waals surface area contributed by atoms with E-state index in [0.29, 0.717) is 18.7 Å². The summed E-state index contributed by atoms with van der Waals surface area (Å²) in [5.41, 5.74) is 3.22. The van der Waals surface area contributed by atoms with Crippen molar-refractivity contribution in [3.63, 3.8) is 0 Å². The summed E-state index contributed by atoms with van der Waals surface area (Å²) in [6, 6.07) is 1.56. The fraction of sp³-hybridized carbons (Fsp3) is 0.600. The predicted octanol–water partition coefficient (Wildman–Crippen LogP) is 3.66. The monoisotopic (exact) mass is 297 g/mol. The number of nitrogens with one attached hydrogen (secondary N) is 1. The zero-order valence-electron chi connectivity index (χ0n) is 12.7. The summed E-state index contributed by atoms with van der Waals surface area (Å²) >= 11 is 0. The summed E-state index contributed by atoms with van der Waals surface area (Å²) in [6.07, 6.45) is -0.101. The second-order valence-electron chi connectivity index (χ2n) is 5.67. The van der Waals surface area contributed by atoms with Crippen molar-refractivity contribution in [1.82, 2.24) is 9.88 Å². The summed E-state index contributed by atoms with van der Waals surface area (Å²) in [7, 11) is 0. The number of carbonyl (C=O) groups is 1. The highest BCUT2D eigenvalue weighted by atomic mass is 19.3. The number of alkyl halides is 2. The van der Waals surface area contributed by atoms with E-state index in [4.69, 9.17) is 0 Å². The molecule has 0 aromatic carbocycles. The highest BCUT2D eigenvalue weighted by Gasteiger charge is 2.33. The van der Waals surface area contributed by atoms with Gasteiger partial charge in [0.25, 0.3) is 0 Å². The van der Waals surface area contributed by atoms with Gasteiger partial charge in [0.1, 0.15) is 0 Å². The van der Waals surface area contributed by atoms with Crippen molar-refractivity contribution in [1.29, 1.82) is 0 Å². The number of anilines is 1. The first-order chi connectivity index (χ1) is 9.78. The van der Waals surface area contributed by atoms with E-state index in [-0.39, 0.29) is 25.4 Å². The Kier molecular flexibility index (Phi) is 4.44. The molecule has 0 radical (unpaired) electrons. The maximum absolute atomic E-state index is 13.3. The van der Waals surface area contributed by atoms with Gasteiger partial charge >= 0.3 is 6.03 Å². The Morgan fingerprint density at radius 3 is 2.67 bits per heavy atom. The molecule has 21 heavy (non-hydrogen) atoms. The largest absolute Gasteiger partial charge is 0.324 e. The third-order valence-corrected chi connectivity index (χ3v) is 3.76. The number of halogens is 2. The number of carbonyl (C=O) groups excluding carboxylic acids is 1. The van der Waals surface area contributed by atoms with Crippen LogP contribution in [-0.4, -0.2) is 34.9 Å². The van der Waals surface area contributed by atoms with Gasteiger partial charge in [0.05, 0.1) is 11.4 Å². The summed E-state index contributed by atoms with van der Waals surface area (Å²) in [4.78, 5) is 18.0. The molecule has 1 aliphatic rings. The van der Waals surface area contributed by atoms with Crippen LogP contribution in [0.25, 0.3) is 0 Å². The van der Waals surface area contributed by atoms with Crippen LogP contribution in [0.2, 0.25) is 0 Å². The van der Waals surface area contributed by atoms with Gasteiger partial charge in [0, 0.05) is 31.6 Å². The average molecular weight is 297 g/mol. The number of aromatic nitrogens is 1. The number of hydrogen-bond donors (Lipinski definition) is 1. The van der Waals surface area contributed by atoms with Crippen molar-refractivity contribution < 1.29 is 13.6 Å². The number of nitrogens with zero attached hydrogens (tertiary/aromatic N) is 2. The molecule has 0 spiro atoms. The molecular formula is C15H21F2N3O. The second kappa shape index (κ2) is 5.95. The normalized spacial score (nSPS) is 18.2. The summed E-state index contributed by atoms with van der Waals surface area (Å²) in [6.45, 7) is 6.05. The minimum atomic E-state index is -2.66. The lowest BCUT2D eigenvalue weighted by atomic mass is 10.1. The number of aryl methyl sites for hydroxylation is 3. The van der Waals surface area contributed by atoms with Crippen LogP contribution in [0.4, 0.5) is 19.3 Å². The molecule has 1 aliphatic heterocycles. The van der Waals surface area contributed by atoms with Crippen LogP contribution in [0, 0.1) is 20.8 Å². The molecule has 2 rings (SSSR count). The second-order valence-corrected chi connectivity index (χ2v) is 5.67. The number of pyridine rings is 1. The number of hydrogen-bond acceptors (Lipinski definition) is 2. The van der Waals surface area contributed by atoms with Crippen LogP contribution in [0.15, 0.2) is 6.07 Å². The highest BCUT2D eigenvalue weighted by molar-refractivity contribution is 5.90. The lowest BCUT2D eigenvalue weighted by Crippen LogP contribution is -2.36. The quantitative estimate of drug-likeness (QED) is 0.859. The minimum Gasteiger partial charge on any atom is -0.324 e. The zero-order chi connectivity index (χ0) is 15.6. The molecule has 0 saturated carbocycles. The Bertz CT molecular complexity index is 523. The molecular weight excluding hydrogens is 276 g/mol. The van der Waals surface area contributed by atoms with Gasteiger partial charge in [-0.15, -0.1) is 0 Å². The zero-order valence-corrected chi connectivity index (χ0v) is 12.7. The van der Waals surface area contributed by atoms with Gasteiger partial charge in [-0.1, -0.05) is 0 Å². The molecule has 116 valence electrons. The molecule has 1 saturated heterocycles. The molecule has 6 heteroatoms. The maximum Gasteiger partial charge on any atom is 0.321 e. The lowest BCUT2D eigenvalue weighted by Gasteiger charge is -2.22. The number of rotatable bonds is 1. The minimum absolute atomic E-state index is 0.0796. The van der Waals surface area contributed by atoms with Crippen molar-refractivity contribution in [2.24, 2.45) is 0 Å². The van der Waals surface area contributed by atoms with Gasteiger partial charge in [0.15, 0.2) is 0 Å². The predicted molar refractivity (Wildman–Crippen MR) is 77.8 cm³/mol. The highest BCUT2D eigenvalue weighted by Crippen LogP contribution is 2.28. The van der Waals surface area contributed by atoms with Gasteiger partial charge in [-0.25, -0.2) is 13.6 Å². The molecule has 1 N–H and O–H groups in total. The SMILES string of the molecule is Cc1cc(C)c(NC(=O)N2CCCC(F)(F)CC2)c(C)n1. The molecule has 2 heterocycles. The smallest absolute Gasteiger partial charge is 0.321 e. The summed E-state index contributed by atoms with van der Waals surface area (Å²) in [5.74, 6) is -2.66. The molecule has 0 atom stereocenters. The Morgan fingerprint density at radius 2 is 2.00 bits per heavy atom. The molecule has 1 aromatic heterocycles. The Hall–Kier alpha value is -1.72. The Labute approximate surface area is 123 Å². The first-order valence-electron chi connectivity index (χ1n) is 7.17. The molecule has 0 bridgehead atoms. The van der Waals surface area contributed by atoms with E-state index in [1.165, 1.54) is 4.90 Å². The third-order valence-electron chi connectivity index (χ3n) is 3.76. The van der Waals surface area contributed by atoms with Crippen molar-refractivity contribution >= 4 is 11.7 Å². The van der Waals surface area contributed by atoms with E-state index in [0.717, 1.165) is 17.0 Å². The third kappa shape index (κ3) is 3.89. The van der Waals surface area contributed by atoms with E-state index in [9.17, 15) is 13.6 Å². The molecule has 1 aromatic rings. The fourth-order valence-electron chi connectivity index (χ4n) is 2.67. The topological polar surface area (TPSA) is 45.2 Å². The molecule has 1 fully saturated rings. The van der Waals surface area contributed by atoms with Crippen LogP contribution in [0.3, 0.4) is 0 Å². The first-order valence-corrected chi connectivity index (χ1v) is 7.17. The van der Waals surface area contributed by atoms with Gasteiger partial charge in [-0.3, -0.25) is 4.98 Å². The van der Waals surface area contributed by atoms with Crippen molar-refractivity contribution in [2.45, 2.75) is 46.0 Å². The van der Waals surface area contributed by atoms with Gasteiger partial charge in [-0.05, 0) is 38.8 Å². The van der Waals surface area contributed by atoms with E-state index in [2.05, 4.69) is 10.3 Å². The number of likely N-dealkylation sites (tertiary alicyclic amines) is 1. The summed E-state index contributed by atoms with van der Waals surface area (Å²) in [5, 5.41) is 2.81. The lowest BCUT2D eigenvalue weighted by molar-refractivity contribution is -0.0121. The van der Waals surface area contributed by atoms with Crippen LogP contribution in [0.5, 0.6) is 0 Å². The molecule has 4 nitrogen and oxygen atoms in total. The van der Waals surface area contributed by atoms with E-state index >= 15 is 0 Å². The van der Waals surface area contributed by atoms with Crippen molar-refractivity contribution in [3.8, 4) is 0 Å². The van der Waals surface area contributed by atoms with E-state index in [1.807, 2.05) is 26.8 Å². The Morgan fingerprint density at radius 1 is 1.29 bits per heavy atom. The fourth-order valence-corrected chi connectivity index (χ4v) is 2.67. The van der Waals surface area contributed by atoms with E-state index < -0.39 is 5.92 Å². The molecule has 0 aliphatic carbocycles. The van der Waals surface area contributed by atoms with Crippen molar-refractivity contribution in [3.05, 3.63) is 23.0 Å². The number of amides is 2. The van der Waals surface area contributed by atoms with Crippen LogP contribution in [0.1, 0.15) is 36.2 Å². The van der Waals surface area contributed by atoms with Gasteiger partial charge in [-0.2, -0.15) is 0 Å². The van der Waals surface area contributed by atoms with E-state index in [1.54, 1.807) is 0 Å². The average Bonchev–Trinajstić information content (AvgIpc) is 2.54. The maximum atomic E-state index is 13.3. The first kappa shape index (κ1) is 15.7. The van der Waals surface area contributed by atoms with Gasteiger partial charge < -0.3 is 10.2 Å². The van der Waals surface area contributed by atoms with Gasteiger partial charge in [0.2, 0.25) is 5.92 Å². The van der Waals surface area contributed by atoms with Crippen LogP contribution >= 0.6 is 0 Å². The number of urea groups is 1. The van der Waals surface area contributed by atoms with Crippen LogP contribution in [-0.2, 0) is 0 Å². The Balaban J connectivity index is 2.08. The standard InChI is InChI=1S/C15H21F2N3O/c1-10-9-11(2)18-12(3)13(10)19-14(21)20-7-4-5-15(16,17)6-8-20/h9H,4-8H2,1-3H3,(H,19,21). The summed E-state index contributed by atoms with van der Waals surface area (Å²) < 4.78 is 26.7. The molecule has 2 amide bonds. The molecule has 0 unspecified atom stereocenters. The van der Waals surface area contributed by atoms with Crippen molar-refractivity contribution in [2.75, 3.05) is 18.4 Å².